The topological polar surface area (TPSA) is 64.8 Å². The molecule has 0 atom stereocenters. The first-order valence-corrected chi connectivity index (χ1v) is 10.1. The van der Waals surface area contributed by atoms with Gasteiger partial charge in [0.25, 0.3) is 0 Å². The highest BCUT2D eigenvalue weighted by atomic mass is 79.9. The molecule has 0 unspecified atom stereocenters. The Labute approximate surface area is 155 Å². The SMILES string of the molecule is Cc1c(S(=O)(=O)c2ccc(C(C)C)cc2)nnn1-c1ccccc1Br. The Bertz CT molecular complexity index is 1010. The summed E-state index contributed by atoms with van der Waals surface area (Å²) in [4.78, 5) is 0.221. The molecule has 3 aromatic rings. The van der Waals surface area contributed by atoms with E-state index in [1.807, 2.05) is 36.4 Å². The standard InChI is InChI=1S/C18H18BrN3O2S/c1-12(2)14-8-10-15(11-9-14)25(23,24)18-13(3)22(21-20-18)17-7-5-4-6-16(17)19/h4-12H,1-3H3. The van der Waals surface area contributed by atoms with E-state index in [0.29, 0.717) is 11.6 Å². The third-order valence-corrected chi connectivity index (χ3v) is 6.49. The fourth-order valence-electron chi connectivity index (χ4n) is 2.56. The van der Waals surface area contributed by atoms with Gasteiger partial charge in [0.1, 0.15) is 0 Å². The highest BCUT2D eigenvalue weighted by Gasteiger charge is 2.26. The van der Waals surface area contributed by atoms with Crippen LogP contribution in [0.3, 0.4) is 0 Å². The van der Waals surface area contributed by atoms with Crippen LogP contribution >= 0.6 is 15.9 Å². The Hall–Kier alpha value is -1.99. The molecule has 0 bridgehead atoms. The molecule has 3 rings (SSSR count). The van der Waals surface area contributed by atoms with Crippen LogP contribution in [-0.4, -0.2) is 23.4 Å². The van der Waals surface area contributed by atoms with Gasteiger partial charge in [0.05, 0.1) is 16.3 Å². The van der Waals surface area contributed by atoms with Crippen LogP contribution in [0.25, 0.3) is 5.69 Å². The highest BCUT2D eigenvalue weighted by Crippen LogP contribution is 2.27. The average Bonchev–Trinajstić information content (AvgIpc) is 2.97. The molecule has 0 aliphatic rings. The summed E-state index contributed by atoms with van der Waals surface area (Å²) in [5.41, 5.74) is 2.30. The summed E-state index contributed by atoms with van der Waals surface area (Å²) in [5, 5.41) is 7.96. The molecule has 2 aromatic carbocycles. The molecule has 0 aliphatic heterocycles. The number of para-hydroxylation sites is 1. The first-order chi connectivity index (χ1) is 11.8. The summed E-state index contributed by atoms with van der Waals surface area (Å²) in [7, 11) is -3.72. The van der Waals surface area contributed by atoms with Gasteiger partial charge in [-0.2, -0.15) is 0 Å². The Balaban J connectivity index is 2.06. The minimum absolute atomic E-state index is 0.0273. The highest BCUT2D eigenvalue weighted by molar-refractivity contribution is 9.10. The number of nitrogens with zero attached hydrogens (tertiary/aromatic N) is 3. The maximum Gasteiger partial charge on any atom is 0.227 e. The molecule has 7 heteroatoms. The van der Waals surface area contributed by atoms with Gasteiger partial charge in [-0.15, -0.1) is 5.10 Å². The molecule has 0 saturated carbocycles. The molecular weight excluding hydrogens is 402 g/mol. The van der Waals surface area contributed by atoms with Gasteiger partial charge in [0.15, 0.2) is 0 Å². The predicted octanol–water partition coefficient (Wildman–Crippen LogP) is 4.29. The average molecular weight is 420 g/mol. The third-order valence-electron chi connectivity index (χ3n) is 4.04. The molecule has 1 heterocycles. The maximum absolute atomic E-state index is 12.9. The van der Waals surface area contributed by atoms with Crippen LogP contribution in [-0.2, 0) is 9.84 Å². The van der Waals surface area contributed by atoms with Crippen molar-refractivity contribution in [2.45, 2.75) is 36.6 Å². The second-order valence-corrected chi connectivity index (χ2v) is 8.79. The molecule has 130 valence electrons. The third kappa shape index (κ3) is 3.26. The molecule has 1 aromatic heterocycles. The Morgan fingerprint density at radius 1 is 1.04 bits per heavy atom. The minimum Gasteiger partial charge on any atom is -0.217 e. The van der Waals surface area contributed by atoms with Crippen molar-refractivity contribution in [2.75, 3.05) is 0 Å². The number of aromatic nitrogens is 3. The van der Waals surface area contributed by atoms with Gasteiger partial charge in [-0.25, -0.2) is 13.1 Å². The predicted molar refractivity (Wildman–Crippen MR) is 99.8 cm³/mol. The van der Waals surface area contributed by atoms with Gasteiger partial charge in [0.2, 0.25) is 14.9 Å². The molecule has 0 radical (unpaired) electrons. The summed E-state index contributed by atoms with van der Waals surface area (Å²) in [6.45, 7) is 5.84. The minimum atomic E-state index is -3.72. The van der Waals surface area contributed by atoms with Gasteiger partial charge < -0.3 is 0 Å². The number of sulfone groups is 1. The summed E-state index contributed by atoms with van der Waals surface area (Å²) in [5.74, 6) is 0.342. The van der Waals surface area contributed by atoms with E-state index in [-0.39, 0.29) is 9.92 Å². The van der Waals surface area contributed by atoms with E-state index >= 15 is 0 Å². The number of rotatable bonds is 4. The second-order valence-electron chi connectivity index (χ2n) is 6.07. The van der Waals surface area contributed by atoms with E-state index in [4.69, 9.17) is 0 Å². The fourth-order valence-corrected chi connectivity index (χ4v) is 4.35. The van der Waals surface area contributed by atoms with Crippen molar-refractivity contribution < 1.29 is 8.42 Å². The van der Waals surface area contributed by atoms with E-state index in [2.05, 4.69) is 40.1 Å². The molecule has 25 heavy (non-hydrogen) atoms. The molecular formula is C18H18BrN3O2S. The van der Waals surface area contributed by atoms with E-state index in [1.54, 1.807) is 19.1 Å². The quantitative estimate of drug-likeness (QED) is 0.632. The van der Waals surface area contributed by atoms with Gasteiger partial charge in [0, 0.05) is 4.47 Å². The normalized spacial score (nSPS) is 11.9. The molecule has 0 N–H and O–H groups in total. The van der Waals surface area contributed by atoms with Crippen molar-refractivity contribution in [2.24, 2.45) is 0 Å². The Kier molecular flexibility index (Phi) is 4.79. The summed E-state index contributed by atoms with van der Waals surface area (Å²) >= 11 is 3.46. The molecule has 0 aliphatic carbocycles. The zero-order valence-electron chi connectivity index (χ0n) is 14.1. The van der Waals surface area contributed by atoms with Crippen molar-refractivity contribution in [1.29, 1.82) is 0 Å². The van der Waals surface area contributed by atoms with Crippen LogP contribution in [0.2, 0.25) is 0 Å². The Morgan fingerprint density at radius 2 is 1.68 bits per heavy atom. The van der Waals surface area contributed by atoms with Crippen LogP contribution in [0.5, 0.6) is 0 Å². The fraction of sp³-hybridized carbons (Fsp3) is 0.222. The van der Waals surface area contributed by atoms with Gasteiger partial charge in [-0.05, 0) is 58.6 Å². The number of benzene rings is 2. The van der Waals surface area contributed by atoms with Crippen LogP contribution in [0, 0.1) is 6.92 Å². The lowest BCUT2D eigenvalue weighted by molar-refractivity contribution is 0.591. The lowest BCUT2D eigenvalue weighted by Crippen LogP contribution is -2.06. The van der Waals surface area contributed by atoms with Crippen molar-refractivity contribution in [1.82, 2.24) is 15.0 Å². The summed E-state index contributed by atoms with van der Waals surface area (Å²) < 4.78 is 28.2. The summed E-state index contributed by atoms with van der Waals surface area (Å²) in [6, 6.07) is 14.4. The van der Waals surface area contributed by atoms with E-state index in [9.17, 15) is 8.42 Å². The van der Waals surface area contributed by atoms with Gasteiger partial charge >= 0.3 is 0 Å². The lowest BCUT2D eigenvalue weighted by atomic mass is 10.0. The summed E-state index contributed by atoms with van der Waals surface area (Å²) in [6.07, 6.45) is 0. The van der Waals surface area contributed by atoms with E-state index in [0.717, 1.165) is 15.7 Å². The number of halogens is 1. The molecule has 0 fully saturated rings. The molecule has 0 amide bonds. The first kappa shape index (κ1) is 17.8. The van der Waals surface area contributed by atoms with E-state index in [1.165, 1.54) is 4.68 Å². The molecule has 5 nitrogen and oxygen atoms in total. The zero-order valence-corrected chi connectivity index (χ0v) is 16.5. The van der Waals surface area contributed by atoms with Crippen LogP contribution in [0.15, 0.2) is 62.9 Å². The van der Waals surface area contributed by atoms with Gasteiger partial charge in [-0.3, -0.25) is 0 Å². The van der Waals surface area contributed by atoms with Crippen LogP contribution in [0.4, 0.5) is 0 Å². The van der Waals surface area contributed by atoms with Crippen molar-refractivity contribution in [3.8, 4) is 5.69 Å². The van der Waals surface area contributed by atoms with Crippen molar-refractivity contribution in [3.05, 3.63) is 64.3 Å². The Morgan fingerprint density at radius 3 is 2.28 bits per heavy atom. The second kappa shape index (κ2) is 6.72. The maximum atomic E-state index is 12.9. The van der Waals surface area contributed by atoms with Crippen LogP contribution in [0.1, 0.15) is 31.0 Å². The van der Waals surface area contributed by atoms with E-state index < -0.39 is 9.84 Å². The van der Waals surface area contributed by atoms with Crippen molar-refractivity contribution in [3.63, 3.8) is 0 Å². The smallest absolute Gasteiger partial charge is 0.217 e. The lowest BCUT2D eigenvalue weighted by Gasteiger charge is -2.08. The first-order valence-electron chi connectivity index (χ1n) is 7.84. The largest absolute Gasteiger partial charge is 0.227 e. The van der Waals surface area contributed by atoms with Gasteiger partial charge in [-0.1, -0.05) is 43.3 Å². The zero-order chi connectivity index (χ0) is 18.2. The molecule has 0 spiro atoms. The number of hydrogen-bond acceptors (Lipinski definition) is 4. The van der Waals surface area contributed by atoms with Crippen LogP contribution < -0.4 is 0 Å². The number of hydrogen-bond donors (Lipinski definition) is 0. The monoisotopic (exact) mass is 419 g/mol. The molecule has 0 saturated heterocycles. The van der Waals surface area contributed by atoms with Crippen molar-refractivity contribution >= 4 is 25.8 Å².